The zero-order valence-corrected chi connectivity index (χ0v) is 10.7. The molecule has 0 aliphatic heterocycles. The van der Waals surface area contributed by atoms with E-state index in [0.29, 0.717) is 0 Å². The standard InChI is InChI=1S/C11H12BrF3O/c1-10(2,3)6-4-8(12)9(16)5-7(6)11(13,14)15/h4-5,16H,1-3H3. The first kappa shape index (κ1) is 13.4. The molecule has 0 radical (unpaired) electrons. The molecule has 0 heterocycles. The smallest absolute Gasteiger partial charge is 0.416 e. The lowest BCUT2D eigenvalue weighted by Gasteiger charge is -2.24. The molecule has 1 N–H and O–H groups in total. The molecule has 0 unspecified atom stereocenters. The van der Waals surface area contributed by atoms with E-state index < -0.39 is 22.9 Å². The van der Waals surface area contributed by atoms with E-state index in [1.54, 1.807) is 20.8 Å². The van der Waals surface area contributed by atoms with Gasteiger partial charge in [0.1, 0.15) is 5.75 Å². The number of hydrogen-bond acceptors (Lipinski definition) is 1. The molecule has 0 aliphatic carbocycles. The van der Waals surface area contributed by atoms with Crippen LogP contribution in [0.4, 0.5) is 13.2 Å². The molecule has 90 valence electrons. The molecule has 5 heteroatoms. The zero-order chi connectivity index (χ0) is 12.7. The van der Waals surface area contributed by atoms with Crippen LogP contribution in [0.25, 0.3) is 0 Å². The van der Waals surface area contributed by atoms with Crippen molar-refractivity contribution in [2.45, 2.75) is 32.4 Å². The predicted molar refractivity (Wildman–Crippen MR) is 59.5 cm³/mol. The quantitative estimate of drug-likeness (QED) is 0.749. The Morgan fingerprint density at radius 2 is 1.56 bits per heavy atom. The highest BCUT2D eigenvalue weighted by Gasteiger charge is 2.37. The molecular formula is C11H12BrF3O. The minimum Gasteiger partial charge on any atom is -0.507 e. The fourth-order valence-corrected chi connectivity index (χ4v) is 1.76. The van der Waals surface area contributed by atoms with Gasteiger partial charge in [0.25, 0.3) is 0 Å². The monoisotopic (exact) mass is 296 g/mol. The Kier molecular flexibility index (Phi) is 3.29. The van der Waals surface area contributed by atoms with Crippen molar-refractivity contribution in [3.05, 3.63) is 27.7 Å². The van der Waals surface area contributed by atoms with Crippen molar-refractivity contribution in [1.29, 1.82) is 0 Å². The molecule has 0 aliphatic rings. The van der Waals surface area contributed by atoms with E-state index in [9.17, 15) is 18.3 Å². The van der Waals surface area contributed by atoms with Crippen LogP contribution in [0.3, 0.4) is 0 Å². The lowest BCUT2D eigenvalue weighted by molar-refractivity contribution is -0.138. The molecule has 0 saturated carbocycles. The number of phenolic OH excluding ortho intramolecular Hbond substituents is 1. The van der Waals surface area contributed by atoms with Crippen LogP contribution in [0, 0.1) is 0 Å². The molecule has 1 aromatic rings. The summed E-state index contributed by atoms with van der Waals surface area (Å²) in [5.41, 5.74) is -1.27. The first-order chi connectivity index (χ1) is 7.03. The largest absolute Gasteiger partial charge is 0.507 e. The van der Waals surface area contributed by atoms with E-state index >= 15 is 0 Å². The topological polar surface area (TPSA) is 20.2 Å². The van der Waals surface area contributed by atoms with Crippen molar-refractivity contribution < 1.29 is 18.3 Å². The number of aromatic hydroxyl groups is 1. The molecule has 0 spiro atoms. The number of hydrogen-bond donors (Lipinski definition) is 1. The second kappa shape index (κ2) is 3.95. The van der Waals surface area contributed by atoms with Gasteiger partial charge in [-0.3, -0.25) is 0 Å². The van der Waals surface area contributed by atoms with Crippen molar-refractivity contribution in [2.75, 3.05) is 0 Å². The Morgan fingerprint density at radius 3 is 1.94 bits per heavy atom. The van der Waals surface area contributed by atoms with Gasteiger partial charge in [-0.1, -0.05) is 20.8 Å². The average Bonchev–Trinajstić information content (AvgIpc) is 2.05. The average molecular weight is 297 g/mol. The van der Waals surface area contributed by atoms with Gasteiger partial charge < -0.3 is 5.11 Å². The molecule has 16 heavy (non-hydrogen) atoms. The van der Waals surface area contributed by atoms with E-state index in [2.05, 4.69) is 15.9 Å². The second-order valence-corrected chi connectivity index (χ2v) is 5.45. The Hall–Kier alpha value is -0.710. The number of alkyl halides is 3. The first-order valence-electron chi connectivity index (χ1n) is 4.63. The summed E-state index contributed by atoms with van der Waals surface area (Å²) in [5.74, 6) is -0.402. The van der Waals surface area contributed by atoms with Gasteiger partial charge in [0.05, 0.1) is 10.0 Å². The summed E-state index contributed by atoms with van der Waals surface area (Å²) >= 11 is 3.02. The minimum absolute atomic E-state index is 0.157. The number of benzene rings is 1. The predicted octanol–water partition coefficient (Wildman–Crippen LogP) is 4.47. The lowest BCUT2D eigenvalue weighted by atomic mass is 9.83. The van der Waals surface area contributed by atoms with Crippen LogP contribution in [-0.4, -0.2) is 5.11 Å². The Balaban J connectivity index is 3.53. The van der Waals surface area contributed by atoms with Gasteiger partial charge in [0.15, 0.2) is 0 Å². The van der Waals surface area contributed by atoms with Crippen LogP contribution in [0.15, 0.2) is 16.6 Å². The van der Waals surface area contributed by atoms with Crippen LogP contribution >= 0.6 is 15.9 Å². The third-order valence-corrected chi connectivity index (χ3v) is 2.84. The summed E-state index contributed by atoms with van der Waals surface area (Å²) in [5, 5.41) is 9.31. The molecule has 0 bridgehead atoms. The Morgan fingerprint density at radius 1 is 1.06 bits per heavy atom. The normalized spacial score (nSPS) is 12.9. The first-order valence-corrected chi connectivity index (χ1v) is 5.43. The molecule has 0 atom stereocenters. The molecule has 0 amide bonds. The fraction of sp³-hybridized carbons (Fsp3) is 0.455. The Bertz CT molecular complexity index is 366. The fourth-order valence-electron chi connectivity index (χ4n) is 1.42. The number of phenols is 1. The van der Waals surface area contributed by atoms with Crippen molar-refractivity contribution in [2.24, 2.45) is 0 Å². The summed E-state index contributed by atoms with van der Waals surface area (Å²) in [6.07, 6.45) is -4.46. The zero-order valence-electron chi connectivity index (χ0n) is 9.11. The number of rotatable bonds is 0. The molecule has 0 aromatic heterocycles. The summed E-state index contributed by atoms with van der Waals surface area (Å²) in [4.78, 5) is 0. The maximum Gasteiger partial charge on any atom is 0.416 e. The highest BCUT2D eigenvalue weighted by molar-refractivity contribution is 9.10. The van der Waals surface area contributed by atoms with E-state index in [1.165, 1.54) is 6.07 Å². The SMILES string of the molecule is CC(C)(C)c1cc(Br)c(O)cc1C(F)(F)F. The van der Waals surface area contributed by atoms with Crippen LogP contribution < -0.4 is 0 Å². The van der Waals surface area contributed by atoms with E-state index in [0.717, 1.165) is 6.07 Å². The summed E-state index contributed by atoms with van der Waals surface area (Å²) in [7, 11) is 0. The highest BCUT2D eigenvalue weighted by Crippen LogP contribution is 2.41. The van der Waals surface area contributed by atoms with E-state index in [1.807, 2.05) is 0 Å². The highest BCUT2D eigenvalue weighted by atomic mass is 79.9. The minimum atomic E-state index is -4.46. The van der Waals surface area contributed by atoms with E-state index in [4.69, 9.17) is 0 Å². The molecule has 0 saturated heterocycles. The van der Waals surface area contributed by atoms with Gasteiger partial charge in [0, 0.05) is 0 Å². The van der Waals surface area contributed by atoms with Gasteiger partial charge in [-0.05, 0) is 39.0 Å². The van der Waals surface area contributed by atoms with Crippen LogP contribution in [0.1, 0.15) is 31.9 Å². The maximum absolute atomic E-state index is 12.8. The molecule has 1 nitrogen and oxygen atoms in total. The van der Waals surface area contributed by atoms with Crippen molar-refractivity contribution in [3.8, 4) is 5.75 Å². The van der Waals surface area contributed by atoms with Gasteiger partial charge >= 0.3 is 6.18 Å². The summed E-state index contributed by atoms with van der Waals surface area (Å²) in [6, 6.07) is 2.07. The lowest BCUT2D eigenvalue weighted by Crippen LogP contribution is -2.19. The Labute approximate surface area is 100 Å². The third kappa shape index (κ3) is 2.70. The van der Waals surface area contributed by atoms with Crippen molar-refractivity contribution in [1.82, 2.24) is 0 Å². The third-order valence-electron chi connectivity index (χ3n) is 2.20. The van der Waals surface area contributed by atoms with Gasteiger partial charge in [0.2, 0.25) is 0 Å². The van der Waals surface area contributed by atoms with Crippen molar-refractivity contribution in [3.63, 3.8) is 0 Å². The summed E-state index contributed by atoms with van der Waals surface area (Å²) in [6.45, 7) is 5.09. The van der Waals surface area contributed by atoms with Gasteiger partial charge in [-0.2, -0.15) is 13.2 Å². The van der Waals surface area contributed by atoms with Crippen molar-refractivity contribution >= 4 is 15.9 Å². The summed E-state index contributed by atoms with van der Waals surface area (Å²) < 4.78 is 38.6. The maximum atomic E-state index is 12.8. The molecular weight excluding hydrogens is 285 g/mol. The molecule has 1 rings (SSSR count). The molecule has 1 aromatic carbocycles. The van der Waals surface area contributed by atoms with Crippen LogP contribution in [0.2, 0.25) is 0 Å². The second-order valence-electron chi connectivity index (χ2n) is 4.60. The van der Waals surface area contributed by atoms with Crippen LogP contribution in [-0.2, 0) is 11.6 Å². The van der Waals surface area contributed by atoms with Gasteiger partial charge in [-0.15, -0.1) is 0 Å². The number of halogens is 4. The van der Waals surface area contributed by atoms with E-state index in [-0.39, 0.29) is 10.0 Å². The molecule has 0 fully saturated rings. The van der Waals surface area contributed by atoms with Gasteiger partial charge in [-0.25, -0.2) is 0 Å². The van der Waals surface area contributed by atoms with Crippen LogP contribution in [0.5, 0.6) is 5.75 Å².